The van der Waals surface area contributed by atoms with Crippen molar-refractivity contribution in [3.63, 3.8) is 0 Å². The topological polar surface area (TPSA) is 11.0 Å². The van der Waals surface area contributed by atoms with Crippen LogP contribution >= 0.6 is 30.2 Å². The molecular formula is C24H16N3PS2+2. The van der Waals surface area contributed by atoms with Crippen molar-refractivity contribution in [3.05, 3.63) is 89.9 Å². The Bertz CT molecular complexity index is 1420. The number of fused-ring (bicyclic) bond motifs is 4. The molecule has 3 aliphatic heterocycles. The molecule has 3 aromatic carbocycles. The third-order valence-electron chi connectivity index (χ3n) is 6.65. The van der Waals surface area contributed by atoms with Gasteiger partial charge in [0.15, 0.2) is 0 Å². The number of nitrogens with zero attached hydrogens (tertiary/aromatic N) is 3. The Morgan fingerprint density at radius 2 is 1.20 bits per heavy atom. The summed E-state index contributed by atoms with van der Waals surface area (Å²) in [6.07, 6.45) is 4.66. The molecule has 8 rings (SSSR count). The third-order valence-corrected chi connectivity index (χ3v) is 13.4. The molecule has 0 radical (unpaired) electrons. The molecule has 0 aliphatic carbocycles. The Balaban J connectivity index is 1.63. The van der Waals surface area contributed by atoms with Gasteiger partial charge in [-0.15, -0.1) is 0 Å². The summed E-state index contributed by atoms with van der Waals surface area (Å²) in [5, 5.41) is 10.3. The number of benzene rings is 3. The molecule has 2 aromatic heterocycles. The fourth-order valence-electron chi connectivity index (χ4n) is 5.71. The van der Waals surface area contributed by atoms with Gasteiger partial charge in [-0.25, -0.2) is 0 Å². The van der Waals surface area contributed by atoms with Crippen LogP contribution in [-0.2, 0) is 0 Å². The second-order valence-electron chi connectivity index (χ2n) is 7.90. The number of hydrogen-bond acceptors (Lipinski definition) is 3. The molecule has 0 amide bonds. The van der Waals surface area contributed by atoms with Crippen LogP contribution in [0, 0.1) is 0 Å². The van der Waals surface area contributed by atoms with Gasteiger partial charge in [0.2, 0.25) is 0 Å². The molecule has 3 aliphatic rings. The maximum atomic E-state index is 2.64. The van der Waals surface area contributed by atoms with Crippen molar-refractivity contribution in [2.24, 2.45) is 0 Å². The molecule has 0 N–H and O–H groups in total. The molecule has 0 saturated carbocycles. The van der Waals surface area contributed by atoms with Gasteiger partial charge in [-0.05, 0) is 0 Å². The molecule has 0 atom stereocenters. The van der Waals surface area contributed by atoms with Gasteiger partial charge in [0.1, 0.15) is 0 Å². The van der Waals surface area contributed by atoms with E-state index in [0.29, 0.717) is 0 Å². The van der Waals surface area contributed by atoms with Crippen molar-refractivity contribution in [1.29, 1.82) is 0 Å². The quantitative estimate of drug-likeness (QED) is 0.335. The van der Waals surface area contributed by atoms with E-state index < -0.39 is 7.56 Å². The Labute approximate surface area is 182 Å². The summed E-state index contributed by atoms with van der Waals surface area (Å²) >= 11 is 3.73. The van der Waals surface area contributed by atoms with Crippen LogP contribution in [0.25, 0.3) is 21.1 Å². The van der Waals surface area contributed by atoms with E-state index >= 15 is 0 Å². The minimum absolute atomic E-state index is 1.22. The number of hydrogen-bond donors (Lipinski definition) is 0. The second kappa shape index (κ2) is 5.25. The van der Waals surface area contributed by atoms with Crippen molar-refractivity contribution < 1.29 is 8.68 Å². The van der Waals surface area contributed by atoms with Gasteiger partial charge in [0.05, 0.1) is 0 Å². The average Bonchev–Trinajstić information content (AvgIpc) is 3.55. The monoisotopic (exact) mass is 441 g/mol. The first-order valence-corrected chi connectivity index (χ1v) is 13.7. The van der Waals surface area contributed by atoms with Gasteiger partial charge in [-0.1, -0.05) is 0 Å². The molecule has 1 spiro atoms. The molecule has 0 bridgehead atoms. The van der Waals surface area contributed by atoms with Gasteiger partial charge in [0.25, 0.3) is 0 Å². The summed E-state index contributed by atoms with van der Waals surface area (Å²) in [7, 11) is -2.39. The van der Waals surface area contributed by atoms with E-state index in [-0.39, 0.29) is 0 Å². The van der Waals surface area contributed by atoms with Crippen molar-refractivity contribution in [2.45, 2.75) is 0 Å². The van der Waals surface area contributed by atoms with E-state index in [1.807, 2.05) is 22.7 Å². The minimum atomic E-state index is -2.39. The first-order valence-electron chi connectivity index (χ1n) is 10.0. The zero-order valence-corrected chi connectivity index (χ0v) is 18.5. The van der Waals surface area contributed by atoms with E-state index in [4.69, 9.17) is 0 Å². The van der Waals surface area contributed by atoms with Crippen LogP contribution in [0.15, 0.2) is 89.9 Å². The predicted octanol–water partition coefficient (Wildman–Crippen LogP) is 4.76. The summed E-state index contributed by atoms with van der Waals surface area (Å²) in [6, 6.07) is 24.6. The Hall–Kier alpha value is -2.85. The first kappa shape index (κ1) is 15.9. The summed E-state index contributed by atoms with van der Waals surface area (Å²) < 4.78 is 5.28. The summed E-state index contributed by atoms with van der Waals surface area (Å²) in [6.45, 7) is 0. The summed E-state index contributed by atoms with van der Waals surface area (Å²) in [5.74, 6) is 0. The Morgan fingerprint density at radius 1 is 0.633 bits per heavy atom. The van der Waals surface area contributed by atoms with E-state index in [2.05, 4.69) is 103 Å². The van der Waals surface area contributed by atoms with Gasteiger partial charge >= 0.3 is 183 Å². The fraction of sp³-hybridized carbons (Fsp3) is 0. The molecule has 142 valence electrons. The van der Waals surface area contributed by atoms with Crippen LogP contribution in [0.1, 0.15) is 0 Å². The van der Waals surface area contributed by atoms with Crippen LogP contribution in [0.2, 0.25) is 0 Å². The van der Waals surface area contributed by atoms with Crippen LogP contribution in [0.4, 0.5) is 17.1 Å². The maximum absolute atomic E-state index is 2.64. The molecule has 6 heteroatoms. The van der Waals surface area contributed by atoms with Crippen molar-refractivity contribution in [1.82, 2.24) is 0 Å². The first-order chi connectivity index (χ1) is 14.9. The second-order valence-corrected chi connectivity index (χ2v) is 13.0. The molecule has 0 unspecified atom stereocenters. The van der Waals surface area contributed by atoms with Gasteiger partial charge in [0, 0.05) is 0 Å². The van der Waals surface area contributed by atoms with Crippen LogP contribution in [0.5, 0.6) is 0 Å². The number of rotatable bonds is 1. The molecule has 3 nitrogen and oxygen atoms in total. The van der Waals surface area contributed by atoms with Gasteiger partial charge in [-0.3, -0.25) is 0 Å². The van der Waals surface area contributed by atoms with Crippen molar-refractivity contribution >= 4 is 57.9 Å². The number of aromatic nitrogens is 2. The van der Waals surface area contributed by atoms with Crippen LogP contribution in [0.3, 0.4) is 0 Å². The normalized spacial score (nSPS) is 16.6. The molecule has 30 heavy (non-hydrogen) atoms. The number of para-hydroxylation sites is 1. The zero-order chi connectivity index (χ0) is 19.4. The SMILES string of the molecule is c1ccc(N2c3cccc4c3[PH]3(c5c(cccc52)-c2scc[n+]23)[n+]2ccsc2-4)cc1. The zero-order valence-electron chi connectivity index (χ0n) is 15.8. The van der Waals surface area contributed by atoms with Gasteiger partial charge in [-0.2, -0.15) is 0 Å². The number of thiazole rings is 2. The van der Waals surface area contributed by atoms with E-state index in [9.17, 15) is 0 Å². The third kappa shape index (κ3) is 1.55. The predicted molar refractivity (Wildman–Crippen MR) is 127 cm³/mol. The van der Waals surface area contributed by atoms with Crippen LogP contribution in [-0.4, -0.2) is 0 Å². The summed E-state index contributed by atoms with van der Waals surface area (Å²) in [5.41, 5.74) is 6.70. The van der Waals surface area contributed by atoms with Crippen molar-refractivity contribution in [3.8, 4) is 21.1 Å². The van der Waals surface area contributed by atoms with Crippen LogP contribution < -0.4 is 24.2 Å². The molecule has 5 heterocycles. The summed E-state index contributed by atoms with van der Waals surface area (Å²) in [4.78, 5) is 2.48. The Morgan fingerprint density at radius 3 is 1.77 bits per heavy atom. The molecule has 5 aromatic rings. The fourth-order valence-corrected chi connectivity index (χ4v) is 13.9. The van der Waals surface area contributed by atoms with E-state index in [0.717, 1.165) is 0 Å². The standard InChI is InChI=1S/C24H16N3PS2/c1-2-6-16(7-3-1)27-19-10-4-8-17-21(19)28(25-12-14-29-23(17)25)22-18(9-5-11-20(22)27)24-26(28)13-15-30-24/h1-15,28H/q+2. The van der Waals surface area contributed by atoms with E-state index in [1.165, 1.54) is 48.8 Å². The molecule has 0 fully saturated rings. The van der Waals surface area contributed by atoms with Gasteiger partial charge < -0.3 is 0 Å². The van der Waals surface area contributed by atoms with E-state index in [1.54, 1.807) is 0 Å². The Kier molecular flexibility index (Phi) is 2.78. The average molecular weight is 442 g/mol. The van der Waals surface area contributed by atoms with Crippen molar-refractivity contribution in [2.75, 3.05) is 4.90 Å². The molecular weight excluding hydrogens is 425 g/mol. The number of anilines is 3. The molecule has 0 saturated heterocycles.